The number of carbonyl (C=O) groups excluding carboxylic acids is 1. The summed E-state index contributed by atoms with van der Waals surface area (Å²) < 4.78 is 14.6. The molecule has 0 spiro atoms. The number of carbonyl (C=O) groups is 1. The Labute approximate surface area is 129 Å². The summed E-state index contributed by atoms with van der Waals surface area (Å²) in [5.41, 5.74) is 0.962. The highest BCUT2D eigenvalue weighted by molar-refractivity contribution is 5.91. The molecule has 22 heavy (non-hydrogen) atoms. The van der Waals surface area contributed by atoms with Gasteiger partial charge in [-0.2, -0.15) is 5.10 Å². The van der Waals surface area contributed by atoms with Crippen LogP contribution in [-0.2, 0) is 11.3 Å². The molecule has 0 saturated carbocycles. The molecule has 1 aromatic carbocycles. The van der Waals surface area contributed by atoms with Crippen LogP contribution in [0.3, 0.4) is 0 Å². The maximum absolute atomic E-state index is 12.9. The minimum atomic E-state index is -0.258. The van der Waals surface area contributed by atoms with E-state index in [1.165, 1.54) is 12.1 Å². The third kappa shape index (κ3) is 4.39. The smallest absolute Gasteiger partial charge is 0.239 e. The minimum Gasteiger partial charge on any atom is -0.310 e. The van der Waals surface area contributed by atoms with E-state index in [0.29, 0.717) is 12.4 Å². The van der Waals surface area contributed by atoms with Crippen molar-refractivity contribution in [1.82, 2.24) is 14.7 Å². The van der Waals surface area contributed by atoms with Crippen LogP contribution >= 0.6 is 0 Å². The van der Waals surface area contributed by atoms with Gasteiger partial charge in [0.2, 0.25) is 5.91 Å². The number of hydrogen-bond acceptors (Lipinski definition) is 3. The Morgan fingerprint density at radius 3 is 2.64 bits per heavy atom. The van der Waals surface area contributed by atoms with Crippen LogP contribution in [0.25, 0.3) is 0 Å². The Bertz CT molecular complexity index is 621. The van der Waals surface area contributed by atoms with E-state index in [1.807, 2.05) is 25.8 Å². The van der Waals surface area contributed by atoms with Crippen LogP contribution in [0.2, 0.25) is 0 Å². The number of aromatic nitrogens is 2. The van der Waals surface area contributed by atoms with Crippen LogP contribution in [-0.4, -0.2) is 34.2 Å². The number of halogens is 1. The fourth-order valence-corrected chi connectivity index (χ4v) is 2.21. The predicted octanol–water partition coefficient (Wildman–Crippen LogP) is 2.67. The monoisotopic (exact) mass is 304 g/mol. The van der Waals surface area contributed by atoms with Crippen LogP contribution < -0.4 is 5.32 Å². The van der Waals surface area contributed by atoms with E-state index in [9.17, 15) is 9.18 Å². The summed E-state index contributed by atoms with van der Waals surface area (Å²) in [4.78, 5) is 14.0. The molecule has 0 aliphatic carbocycles. The molecule has 1 aromatic heterocycles. The van der Waals surface area contributed by atoms with Gasteiger partial charge >= 0.3 is 0 Å². The third-order valence-corrected chi connectivity index (χ3v) is 3.21. The summed E-state index contributed by atoms with van der Waals surface area (Å²) in [7, 11) is 1.85. The number of likely N-dealkylation sites (N-methyl/N-ethyl adjacent to an activating group) is 1. The zero-order chi connectivity index (χ0) is 16.1. The Balaban J connectivity index is 1.88. The van der Waals surface area contributed by atoms with E-state index in [4.69, 9.17) is 0 Å². The average Bonchev–Trinajstić information content (AvgIpc) is 2.89. The Kier molecular flexibility index (Phi) is 5.27. The molecule has 0 aliphatic rings. The van der Waals surface area contributed by atoms with E-state index in [1.54, 1.807) is 29.1 Å². The first-order valence-corrected chi connectivity index (χ1v) is 7.22. The van der Waals surface area contributed by atoms with E-state index >= 15 is 0 Å². The van der Waals surface area contributed by atoms with Gasteiger partial charge in [0.25, 0.3) is 0 Å². The SMILES string of the molecule is CC(C)n1nccc1NC(=O)CN(C)Cc1ccc(F)cc1. The van der Waals surface area contributed by atoms with Crippen molar-refractivity contribution in [3.05, 3.63) is 47.9 Å². The number of nitrogens with zero attached hydrogens (tertiary/aromatic N) is 3. The van der Waals surface area contributed by atoms with E-state index < -0.39 is 0 Å². The van der Waals surface area contributed by atoms with Crippen LogP contribution in [0.1, 0.15) is 25.5 Å². The third-order valence-electron chi connectivity index (χ3n) is 3.21. The van der Waals surface area contributed by atoms with E-state index in [-0.39, 0.29) is 24.3 Å². The largest absolute Gasteiger partial charge is 0.310 e. The molecule has 6 heteroatoms. The van der Waals surface area contributed by atoms with Crippen molar-refractivity contribution in [1.29, 1.82) is 0 Å². The Morgan fingerprint density at radius 1 is 1.32 bits per heavy atom. The summed E-state index contributed by atoms with van der Waals surface area (Å²) in [5, 5.41) is 7.03. The lowest BCUT2D eigenvalue weighted by atomic mass is 10.2. The molecule has 0 aliphatic heterocycles. The molecule has 0 unspecified atom stereocenters. The molecule has 2 rings (SSSR count). The van der Waals surface area contributed by atoms with Gasteiger partial charge in [0, 0.05) is 18.7 Å². The fraction of sp³-hybridized carbons (Fsp3) is 0.375. The zero-order valence-corrected chi connectivity index (χ0v) is 13.1. The number of nitrogens with one attached hydrogen (secondary N) is 1. The van der Waals surface area contributed by atoms with Crippen LogP contribution in [0, 0.1) is 5.82 Å². The molecule has 0 atom stereocenters. The van der Waals surface area contributed by atoms with Crippen molar-refractivity contribution in [2.24, 2.45) is 0 Å². The van der Waals surface area contributed by atoms with Crippen molar-refractivity contribution in [2.75, 3.05) is 18.9 Å². The normalized spacial score (nSPS) is 11.2. The molecule has 5 nitrogen and oxygen atoms in total. The first-order valence-electron chi connectivity index (χ1n) is 7.22. The topological polar surface area (TPSA) is 50.2 Å². The van der Waals surface area contributed by atoms with Gasteiger partial charge in [0.05, 0.1) is 12.7 Å². The van der Waals surface area contributed by atoms with Gasteiger partial charge in [-0.3, -0.25) is 9.69 Å². The van der Waals surface area contributed by atoms with Crippen LogP contribution in [0.5, 0.6) is 0 Å². The van der Waals surface area contributed by atoms with Crippen LogP contribution in [0.15, 0.2) is 36.5 Å². The highest BCUT2D eigenvalue weighted by Crippen LogP contribution is 2.13. The van der Waals surface area contributed by atoms with Crippen molar-refractivity contribution in [3.63, 3.8) is 0 Å². The molecule has 1 heterocycles. The zero-order valence-electron chi connectivity index (χ0n) is 13.1. The molecular formula is C16H21FN4O. The number of hydrogen-bond donors (Lipinski definition) is 1. The number of anilines is 1. The standard InChI is InChI=1S/C16H21FN4O/c1-12(2)21-15(8-9-18-21)19-16(22)11-20(3)10-13-4-6-14(17)7-5-13/h4-9,12H,10-11H2,1-3H3,(H,19,22). The molecule has 0 fully saturated rings. The first kappa shape index (κ1) is 16.2. The van der Waals surface area contributed by atoms with E-state index in [2.05, 4.69) is 10.4 Å². The Morgan fingerprint density at radius 2 is 2.00 bits per heavy atom. The summed E-state index contributed by atoms with van der Waals surface area (Å²) in [6.45, 7) is 4.84. The second kappa shape index (κ2) is 7.17. The summed E-state index contributed by atoms with van der Waals surface area (Å²) in [5.74, 6) is 0.327. The number of amides is 1. The van der Waals surface area contributed by atoms with Gasteiger partial charge in [0.15, 0.2) is 0 Å². The van der Waals surface area contributed by atoms with Gasteiger partial charge in [-0.25, -0.2) is 9.07 Å². The van der Waals surface area contributed by atoms with Gasteiger partial charge in [-0.1, -0.05) is 12.1 Å². The predicted molar refractivity (Wildman–Crippen MR) is 84.0 cm³/mol. The van der Waals surface area contributed by atoms with Crippen LogP contribution in [0.4, 0.5) is 10.2 Å². The maximum Gasteiger partial charge on any atom is 0.239 e. The summed E-state index contributed by atoms with van der Waals surface area (Å²) in [6.07, 6.45) is 1.66. The Hall–Kier alpha value is -2.21. The molecule has 0 bridgehead atoms. The molecule has 0 radical (unpaired) electrons. The summed E-state index contributed by atoms with van der Waals surface area (Å²) >= 11 is 0. The van der Waals surface area contributed by atoms with Gasteiger partial charge < -0.3 is 5.32 Å². The number of rotatable bonds is 6. The molecule has 0 saturated heterocycles. The van der Waals surface area contributed by atoms with E-state index in [0.717, 1.165) is 5.56 Å². The molecule has 118 valence electrons. The van der Waals surface area contributed by atoms with Crippen molar-refractivity contribution < 1.29 is 9.18 Å². The van der Waals surface area contributed by atoms with Crippen molar-refractivity contribution in [3.8, 4) is 0 Å². The second-order valence-corrected chi connectivity index (χ2v) is 5.60. The highest BCUT2D eigenvalue weighted by atomic mass is 19.1. The summed E-state index contributed by atoms with van der Waals surface area (Å²) in [6, 6.07) is 8.24. The minimum absolute atomic E-state index is 0.105. The van der Waals surface area contributed by atoms with Gasteiger partial charge in [0.1, 0.15) is 11.6 Å². The molecular weight excluding hydrogens is 283 g/mol. The quantitative estimate of drug-likeness (QED) is 0.892. The lowest BCUT2D eigenvalue weighted by Crippen LogP contribution is -2.30. The molecule has 1 amide bonds. The lowest BCUT2D eigenvalue weighted by Gasteiger charge is -2.17. The fourth-order valence-electron chi connectivity index (χ4n) is 2.21. The highest BCUT2D eigenvalue weighted by Gasteiger charge is 2.11. The van der Waals surface area contributed by atoms with Crippen molar-refractivity contribution in [2.45, 2.75) is 26.4 Å². The second-order valence-electron chi connectivity index (χ2n) is 5.60. The van der Waals surface area contributed by atoms with Gasteiger partial charge in [-0.05, 0) is 38.6 Å². The number of benzene rings is 1. The first-order chi connectivity index (χ1) is 10.5. The van der Waals surface area contributed by atoms with Crippen molar-refractivity contribution >= 4 is 11.7 Å². The molecule has 2 aromatic rings. The van der Waals surface area contributed by atoms with Gasteiger partial charge in [-0.15, -0.1) is 0 Å². The maximum atomic E-state index is 12.9. The lowest BCUT2D eigenvalue weighted by molar-refractivity contribution is -0.117. The average molecular weight is 304 g/mol. The molecule has 1 N–H and O–H groups in total.